The number of hydrogen-bond acceptors (Lipinski definition) is 2. The molecule has 0 saturated heterocycles. The smallest absolute Gasteiger partial charge is 0.230 e. The summed E-state index contributed by atoms with van der Waals surface area (Å²) in [5.41, 5.74) is 2.74. The van der Waals surface area contributed by atoms with E-state index >= 15 is 0 Å². The number of aromatic nitrogens is 2. The Bertz CT molecular complexity index is 815. The Morgan fingerprint density at radius 1 is 0.947 bits per heavy atom. The predicted octanol–water partition coefficient (Wildman–Crippen LogP) is 3.82. The number of rotatable bonds is 1. The first kappa shape index (κ1) is 11.9. The topological polar surface area (TPSA) is 26.9 Å². The maximum atomic E-state index is 11.8. The first-order valence-electron chi connectivity index (χ1n) is 5.99. The minimum atomic E-state index is -0.0733. The fourth-order valence-electron chi connectivity index (χ4n) is 2.28. The average molecular weight is 268 g/mol. The van der Waals surface area contributed by atoms with E-state index in [2.05, 4.69) is 0 Å². The minimum Gasteiger partial charge on any atom is -0.285 e. The molecule has 19 heavy (non-hydrogen) atoms. The van der Waals surface area contributed by atoms with Crippen LogP contribution in [0, 0.1) is 4.77 Å². The summed E-state index contributed by atoms with van der Waals surface area (Å²) in [4.78, 5) is 11.8. The third-order valence-electron chi connectivity index (χ3n) is 3.08. The summed E-state index contributed by atoms with van der Waals surface area (Å²) in [5, 5.41) is 0. The molecule has 0 spiro atoms. The normalized spacial score (nSPS) is 10.8. The first-order chi connectivity index (χ1) is 9.20. The molecular weight excluding hydrogens is 256 g/mol. The highest BCUT2D eigenvalue weighted by Crippen LogP contribution is 2.22. The molecule has 0 amide bonds. The van der Waals surface area contributed by atoms with E-state index in [-0.39, 0.29) is 5.91 Å². The number of para-hydroxylation sites is 3. The van der Waals surface area contributed by atoms with Crippen LogP contribution in [0.3, 0.4) is 0 Å². The Balaban J connectivity index is 2.47. The Kier molecular flexibility index (Phi) is 2.80. The molecule has 0 saturated carbocycles. The molecule has 2 aromatic carbocycles. The van der Waals surface area contributed by atoms with Gasteiger partial charge < -0.3 is 0 Å². The summed E-state index contributed by atoms with van der Waals surface area (Å²) in [7, 11) is 0. The molecule has 0 aliphatic carbocycles. The van der Waals surface area contributed by atoms with Crippen LogP contribution in [0.15, 0.2) is 54.6 Å². The maximum absolute atomic E-state index is 11.8. The van der Waals surface area contributed by atoms with Gasteiger partial charge >= 0.3 is 0 Å². The SMILES string of the molecule is CC(=O)n1c(=S)n(-c2ccccc2)c2ccccc21. The molecule has 0 radical (unpaired) electrons. The molecule has 3 aromatic rings. The highest BCUT2D eigenvalue weighted by atomic mass is 32.1. The van der Waals surface area contributed by atoms with Crippen LogP contribution < -0.4 is 0 Å². The number of carbonyl (C=O) groups is 1. The number of nitrogens with zero attached hydrogens (tertiary/aromatic N) is 2. The van der Waals surface area contributed by atoms with Crippen molar-refractivity contribution in [2.75, 3.05) is 0 Å². The van der Waals surface area contributed by atoms with Gasteiger partial charge in [-0.1, -0.05) is 30.3 Å². The van der Waals surface area contributed by atoms with Crippen molar-refractivity contribution in [2.45, 2.75) is 6.92 Å². The lowest BCUT2D eigenvalue weighted by molar-refractivity contribution is 0.0939. The van der Waals surface area contributed by atoms with Crippen LogP contribution in [-0.4, -0.2) is 15.0 Å². The van der Waals surface area contributed by atoms with E-state index in [1.165, 1.54) is 6.92 Å². The van der Waals surface area contributed by atoms with E-state index in [9.17, 15) is 4.79 Å². The van der Waals surface area contributed by atoms with Crippen LogP contribution in [0.25, 0.3) is 16.7 Å². The van der Waals surface area contributed by atoms with Gasteiger partial charge in [0.15, 0.2) is 4.77 Å². The molecule has 94 valence electrons. The van der Waals surface area contributed by atoms with Gasteiger partial charge in [0.25, 0.3) is 0 Å². The van der Waals surface area contributed by atoms with Crippen molar-refractivity contribution in [1.82, 2.24) is 9.13 Å². The van der Waals surface area contributed by atoms with Gasteiger partial charge in [-0.15, -0.1) is 0 Å². The highest BCUT2D eigenvalue weighted by Gasteiger charge is 2.13. The molecule has 4 heteroatoms. The molecule has 0 aliphatic heterocycles. The molecule has 3 nitrogen and oxygen atoms in total. The van der Waals surface area contributed by atoms with E-state index in [0.29, 0.717) is 4.77 Å². The van der Waals surface area contributed by atoms with Gasteiger partial charge in [-0.2, -0.15) is 0 Å². The van der Waals surface area contributed by atoms with Crippen LogP contribution in [0.2, 0.25) is 0 Å². The first-order valence-corrected chi connectivity index (χ1v) is 6.40. The highest BCUT2D eigenvalue weighted by molar-refractivity contribution is 7.71. The number of fused-ring (bicyclic) bond motifs is 1. The molecule has 0 unspecified atom stereocenters. The van der Waals surface area contributed by atoms with E-state index < -0.39 is 0 Å². The summed E-state index contributed by atoms with van der Waals surface area (Å²) >= 11 is 5.46. The Hall–Kier alpha value is -2.20. The predicted molar refractivity (Wildman–Crippen MR) is 78.4 cm³/mol. The fraction of sp³-hybridized carbons (Fsp3) is 0.0667. The molecule has 0 atom stereocenters. The van der Waals surface area contributed by atoms with E-state index in [0.717, 1.165) is 16.7 Å². The molecule has 3 rings (SSSR count). The molecule has 0 fully saturated rings. The molecule has 0 bridgehead atoms. The fourth-order valence-corrected chi connectivity index (χ4v) is 2.71. The third-order valence-corrected chi connectivity index (χ3v) is 3.44. The number of imidazole rings is 1. The second-order valence-corrected chi connectivity index (χ2v) is 4.66. The molecular formula is C15H12N2OS. The minimum absolute atomic E-state index is 0.0733. The van der Waals surface area contributed by atoms with Gasteiger partial charge in [0.2, 0.25) is 5.91 Å². The van der Waals surface area contributed by atoms with Gasteiger partial charge in [0, 0.05) is 12.6 Å². The molecule has 1 aromatic heterocycles. The largest absolute Gasteiger partial charge is 0.285 e. The van der Waals surface area contributed by atoms with Crippen LogP contribution >= 0.6 is 12.2 Å². The average Bonchev–Trinajstić information content (AvgIpc) is 2.71. The van der Waals surface area contributed by atoms with Crippen molar-refractivity contribution in [3.05, 3.63) is 59.4 Å². The molecule has 0 aliphatic rings. The zero-order valence-electron chi connectivity index (χ0n) is 10.4. The number of hydrogen-bond donors (Lipinski definition) is 0. The zero-order chi connectivity index (χ0) is 13.4. The van der Waals surface area contributed by atoms with Gasteiger partial charge in [0.1, 0.15) is 0 Å². The van der Waals surface area contributed by atoms with Crippen LogP contribution in [0.4, 0.5) is 0 Å². The summed E-state index contributed by atoms with van der Waals surface area (Å²) in [6.45, 7) is 1.53. The van der Waals surface area contributed by atoms with Crippen molar-refractivity contribution >= 4 is 29.2 Å². The number of carbonyl (C=O) groups excluding carboxylic acids is 1. The van der Waals surface area contributed by atoms with Crippen molar-refractivity contribution in [1.29, 1.82) is 0 Å². The van der Waals surface area contributed by atoms with Gasteiger partial charge in [0.05, 0.1) is 11.0 Å². The molecule has 1 heterocycles. The van der Waals surface area contributed by atoms with Crippen molar-refractivity contribution < 1.29 is 4.79 Å². The Morgan fingerprint density at radius 3 is 2.16 bits per heavy atom. The maximum Gasteiger partial charge on any atom is 0.230 e. The lowest BCUT2D eigenvalue weighted by atomic mass is 10.3. The third kappa shape index (κ3) is 1.81. The summed E-state index contributed by atoms with van der Waals surface area (Å²) in [5.74, 6) is -0.0733. The van der Waals surface area contributed by atoms with Crippen molar-refractivity contribution in [2.24, 2.45) is 0 Å². The summed E-state index contributed by atoms with van der Waals surface area (Å²) < 4.78 is 3.99. The standard InChI is InChI=1S/C15H12N2OS/c1-11(18)16-13-9-5-6-10-14(13)17(15(16)19)12-7-3-2-4-8-12/h2-10H,1H3. The van der Waals surface area contributed by atoms with E-state index in [1.807, 2.05) is 59.2 Å². The monoisotopic (exact) mass is 268 g/mol. The van der Waals surface area contributed by atoms with E-state index in [1.54, 1.807) is 4.57 Å². The summed E-state index contributed by atoms with van der Waals surface area (Å²) in [6, 6.07) is 17.6. The quantitative estimate of drug-likeness (QED) is 0.627. The van der Waals surface area contributed by atoms with Crippen LogP contribution in [0.1, 0.15) is 11.7 Å². The van der Waals surface area contributed by atoms with Gasteiger partial charge in [-0.25, -0.2) is 0 Å². The van der Waals surface area contributed by atoms with Gasteiger partial charge in [-0.3, -0.25) is 13.9 Å². The van der Waals surface area contributed by atoms with Gasteiger partial charge in [-0.05, 0) is 36.5 Å². The second-order valence-electron chi connectivity index (χ2n) is 4.30. The molecule has 0 N–H and O–H groups in total. The van der Waals surface area contributed by atoms with Crippen molar-refractivity contribution in [3.8, 4) is 5.69 Å². The second kappa shape index (κ2) is 4.48. The van der Waals surface area contributed by atoms with E-state index in [4.69, 9.17) is 12.2 Å². The van der Waals surface area contributed by atoms with Crippen LogP contribution in [0.5, 0.6) is 0 Å². The van der Waals surface area contributed by atoms with Crippen molar-refractivity contribution in [3.63, 3.8) is 0 Å². The zero-order valence-corrected chi connectivity index (χ0v) is 11.2. The lowest BCUT2D eigenvalue weighted by Crippen LogP contribution is -2.06. The Morgan fingerprint density at radius 2 is 1.53 bits per heavy atom. The summed E-state index contributed by atoms with van der Waals surface area (Å²) in [6.07, 6.45) is 0. The van der Waals surface area contributed by atoms with Crippen LogP contribution in [-0.2, 0) is 0 Å². The Labute approximate surface area is 115 Å². The lowest BCUT2D eigenvalue weighted by Gasteiger charge is -2.03. The number of benzene rings is 2.